The third kappa shape index (κ3) is 4.70. The maximum atomic E-state index is 12.9. The van der Waals surface area contributed by atoms with Gasteiger partial charge in [-0.2, -0.15) is 0 Å². The summed E-state index contributed by atoms with van der Waals surface area (Å²) in [6.45, 7) is 2.29. The fourth-order valence-corrected chi connectivity index (χ4v) is 3.44. The van der Waals surface area contributed by atoms with E-state index in [1.165, 1.54) is 10.5 Å². The van der Waals surface area contributed by atoms with E-state index in [9.17, 15) is 14.7 Å². The molecular weight excluding hydrogens is 328 g/mol. The van der Waals surface area contributed by atoms with Crippen LogP contribution in [-0.4, -0.2) is 41.5 Å². The zero-order chi connectivity index (χ0) is 18.4. The lowest BCUT2D eigenvalue weighted by Crippen LogP contribution is -2.44. The van der Waals surface area contributed by atoms with Crippen LogP contribution in [0.3, 0.4) is 0 Å². The van der Waals surface area contributed by atoms with Crippen molar-refractivity contribution in [2.24, 2.45) is 5.92 Å². The molecule has 0 aliphatic carbocycles. The molecule has 1 aliphatic rings. The van der Waals surface area contributed by atoms with Gasteiger partial charge in [0, 0.05) is 18.2 Å². The average molecular weight is 352 g/mol. The number of anilines is 1. The maximum absolute atomic E-state index is 12.9. The van der Waals surface area contributed by atoms with E-state index >= 15 is 0 Å². The highest BCUT2D eigenvalue weighted by Crippen LogP contribution is 2.24. The first-order valence-corrected chi connectivity index (χ1v) is 8.98. The quantitative estimate of drug-likeness (QED) is 0.868. The molecule has 136 valence electrons. The molecule has 0 atom stereocenters. The van der Waals surface area contributed by atoms with Crippen LogP contribution in [0.15, 0.2) is 60.7 Å². The number of nitrogens with zero attached hydrogens (tertiary/aromatic N) is 2. The largest absolute Gasteiger partial charge is 0.480 e. The molecule has 0 radical (unpaired) electrons. The predicted molar refractivity (Wildman–Crippen MR) is 101 cm³/mol. The first-order chi connectivity index (χ1) is 12.6. The number of carbonyl (C=O) groups is 2. The molecule has 3 rings (SSSR count). The highest BCUT2D eigenvalue weighted by molar-refractivity contribution is 5.98. The van der Waals surface area contributed by atoms with Gasteiger partial charge in [0.25, 0.3) is 0 Å². The van der Waals surface area contributed by atoms with Crippen molar-refractivity contribution in [3.05, 3.63) is 66.2 Å². The smallest absolute Gasteiger partial charge is 0.323 e. The summed E-state index contributed by atoms with van der Waals surface area (Å²) < 4.78 is 0. The minimum absolute atomic E-state index is 0.0852. The van der Waals surface area contributed by atoms with Crippen LogP contribution in [0.25, 0.3) is 0 Å². The summed E-state index contributed by atoms with van der Waals surface area (Å²) in [5.74, 6) is -1.21. The van der Waals surface area contributed by atoms with Crippen LogP contribution in [-0.2, 0) is 16.1 Å². The molecule has 1 aliphatic heterocycles. The Kier molecular flexibility index (Phi) is 6.02. The van der Waals surface area contributed by atoms with Gasteiger partial charge in [-0.1, -0.05) is 48.5 Å². The van der Waals surface area contributed by atoms with Crippen LogP contribution in [0.1, 0.15) is 18.4 Å². The number of rotatable bonds is 6. The first kappa shape index (κ1) is 18.1. The number of aliphatic carboxylic acids is 1. The Morgan fingerprint density at radius 2 is 1.54 bits per heavy atom. The van der Waals surface area contributed by atoms with Crippen molar-refractivity contribution in [3.63, 3.8) is 0 Å². The summed E-state index contributed by atoms with van der Waals surface area (Å²) in [5.41, 5.74) is 1.92. The Morgan fingerprint density at radius 3 is 2.12 bits per heavy atom. The number of likely N-dealkylation sites (tertiary alicyclic amines) is 1. The molecule has 26 heavy (non-hydrogen) atoms. The van der Waals surface area contributed by atoms with Gasteiger partial charge in [-0.15, -0.1) is 0 Å². The number of para-hydroxylation sites is 1. The second-order valence-corrected chi connectivity index (χ2v) is 6.69. The Morgan fingerprint density at radius 1 is 0.962 bits per heavy atom. The minimum Gasteiger partial charge on any atom is -0.480 e. The second-order valence-electron chi connectivity index (χ2n) is 6.69. The topological polar surface area (TPSA) is 60.9 Å². The van der Waals surface area contributed by atoms with E-state index in [0.29, 0.717) is 5.69 Å². The van der Waals surface area contributed by atoms with Crippen LogP contribution < -0.4 is 4.90 Å². The Balaban J connectivity index is 1.61. The van der Waals surface area contributed by atoms with E-state index in [0.717, 1.165) is 32.5 Å². The average Bonchev–Trinajstić information content (AvgIpc) is 2.67. The SMILES string of the molecule is O=C(O)CN(C(=O)C1CCN(Cc2ccccc2)CC1)c1ccccc1. The second kappa shape index (κ2) is 8.63. The molecule has 0 saturated carbocycles. The van der Waals surface area contributed by atoms with Crippen molar-refractivity contribution in [2.45, 2.75) is 19.4 Å². The fraction of sp³-hybridized carbons (Fsp3) is 0.333. The van der Waals surface area contributed by atoms with Gasteiger partial charge >= 0.3 is 5.97 Å². The summed E-state index contributed by atoms with van der Waals surface area (Å²) in [6.07, 6.45) is 1.52. The van der Waals surface area contributed by atoms with E-state index < -0.39 is 5.97 Å². The Hall–Kier alpha value is -2.66. The molecule has 2 aromatic carbocycles. The number of carboxylic acids is 1. The van der Waals surface area contributed by atoms with Crippen molar-refractivity contribution >= 4 is 17.6 Å². The molecular formula is C21H24N2O3. The van der Waals surface area contributed by atoms with Gasteiger partial charge in [0.1, 0.15) is 6.54 Å². The number of carbonyl (C=O) groups excluding carboxylic acids is 1. The number of amides is 1. The molecule has 1 saturated heterocycles. The highest BCUT2D eigenvalue weighted by atomic mass is 16.4. The zero-order valence-corrected chi connectivity index (χ0v) is 14.8. The number of benzene rings is 2. The van der Waals surface area contributed by atoms with E-state index in [1.807, 2.05) is 36.4 Å². The summed E-state index contributed by atoms with van der Waals surface area (Å²) in [7, 11) is 0. The number of hydrogen-bond donors (Lipinski definition) is 1. The fourth-order valence-electron chi connectivity index (χ4n) is 3.44. The van der Waals surface area contributed by atoms with Crippen LogP contribution in [0, 0.1) is 5.92 Å². The maximum Gasteiger partial charge on any atom is 0.323 e. The monoisotopic (exact) mass is 352 g/mol. The third-order valence-corrected chi connectivity index (χ3v) is 4.81. The normalized spacial score (nSPS) is 15.5. The van der Waals surface area contributed by atoms with Crippen LogP contribution in [0.5, 0.6) is 0 Å². The van der Waals surface area contributed by atoms with Crippen LogP contribution in [0.4, 0.5) is 5.69 Å². The standard InChI is InChI=1S/C21H24N2O3/c24-20(25)16-23(19-9-5-2-6-10-19)21(26)18-11-13-22(14-12-18)15-17-7-3-1-4-8-17/h1-10,18H,11-16H2,(H,24,25). The lowest BCUT2D eigenvalue weighted by Gasteiger charge is -2.34. The van der Waals surface area contributed by atoms with Crippen molar-refractivity contribution in [3.8, 4) is 0 Å². The van der Waals surface area contributed by atoms with Crippen LogP contribution >= 0.6 is 0 Å². The molecule has 0 aromatic heterocycles. The molecule has 0 unspecified atom stereocenters. The zero-order valence-electron chi connectivity index (χ0n) is 14.8. The third-order valence-electron chi connectivity index (χ3n) is 4.81. The summed E-state index contributed by atoms with van der Waals surface area (Å²) >= 11 is 0. The molecule has 1 amide bonds. The molecule has 5 heteroatoms. The summed E-state index contributed by atoms with van der Waals surface area (Å²) in [6, 6.07) is 19.4. The molecule has 2 aromatic rings. The molecule has 0 bridgehead atoms. The van der Waals surface area contributed by atoms with Crippen molar-refractivity contribution in [2.75, 3.05) is 24.5 Å². The van der Waals surface area contributed by atoms with Gasteiger partial charge in [0.05, 0.1) is 0 Å². The van der Waals surface area contributed by atoms with Gasteiger partial charge in [-0.3, -0.25) is 14.5 Å². The minimum atomic E-state index is -0.997. The number of piperidine rings is 1. The van der Waals surface area contributed by atoms with Gasteiger partial charge in [-0.05, 0) is 43.6 Å². The van der Waals surface area contributed by atoms with E-state index in [-0.39, 0.29) is 18.4 Å². The number of hydrogen-bond acceptors (Lipinski definition) is 3. The first-order valence-electron chi connectivity index (χ1n) is 8.98. The van der Waals surface area contributed by atoms with Crippen molar-refractivity contribution in [1.29, 1.82) is 0 Å². The van der Waals surface area contributed by atoms with E-state index in [1.54, 1.807) is 12.1 Å². The van der Waals surface area contributed by atoms with Gasteiger partial charge in [0.15, 0.2) is 0 Å². The molecule has 0 spiro atoms. The Labute approximate surface area is 153 Å². The highest BCUT2D eigenvalue weighted by Gasteiger charge is 2.30. The lowest BCUT2D eigenvalue weighted by atomic mass is 9.94. The van der Waals surface area contributed by atoms with Crippen molar-refractivity contribution < 1.29 is 14.7 Å². The van der Waals surface area contributed by atoms with Gasteiger partial charge < -0.3 is 10.0 Å². The summed E-state index contributed by atoms with van der Waals surface area (Å²) in [5, 5.41) is 9.20. The number of carboxylic acid groups (broad SMARTS) is 1. The predicted octanol–water partition coefficient (Wildman–Crippen LogP) is 3.02. The molecule has 1 heterocycles. The summed E-state index contributed by atoms with van der Waals surface area (Å²) in [4.78, 5) is 27.9. The van der Waals surface area contributed by atoms with Crippen molar-refractivity contribution in [1.82, 2.24) is 4.90 Å². The Bertz CT molecular complexity index is 725. The molecule has 1 fully saturated rings. The molecule has 5 nitrogen and oxygen atoms in total. The lowest BCUT2D eigenvalue weighted by molar-refractivity contribution is -0.137. The molecule has 1 N–H and O–H groups in total. The van der Waals surface area contributed by atoms with E-state index in [2.05, 4.69) is 17.0 Å². The van der Waals surface area contributed by atoms with Gasteiger partial charge in [0.2, 0.25) is 5.91 Å². The van der Waals surface area contributed by atoms with E-state index in [4.69, 9.17) is 0 Å². The van der Waals surface area contributed by atoms with Gasteiger partial charge in [-0.25, -0.2) is 0 Å². The van der Waals surface area contributed by atoms with Crippen LogP contribution in [0.2, 0.25) is 0 Å².